The monoisotopic (exact) mass is 532 g/mol. The van der Waals surface area contributed by atoms with Crippen LogP contribution in [0, 0.1) is 5.82 Å². The molecule has 2 aromatic carbocycles. The van der Waals surface area contributed by atoms with Crippen molar-refractivity contribution in [3.8, 4) is 11.3 Å². The predicted octanol–water partition coefficient (Wildman–Crippen LogP) is 2.92. The van der Waals surface area contributed by atoms with E-state index >= 15 is 0 Å². The molecule has 0 spiro atoms. The number of imidazole rings is 1. The van der Waals surface area contributed by atoms with E-state index in [1.165, 1.54) is 29.3 Å². The minimum Gasteiger partial charge on any atom is -0.375 e. The van der Waals surface area contributed by atoms with Crippen molar-refractivity contribution in [3.05, 3.63) is 89.3 Å². The predicted molar refractivity (Wildman–Crippen MR) is 130 cm³/mol. The zero-order valence-corrected chi connectivity index (χ0v) is 20.6. The second kappa shape index (κ2) is 11.0. The Morgan fingerprint density at radius 2 is 1.97 bits per heavy atom. The van der Waals surface area contributed by atoms with Gasteiger partial charge in [-0.2, -0.15) is 5.10 Å². The molecular weight excluding hydrogens is 511 g/mol. The van der Waals surface area contributed by atoms with Gasteiger partial charge in [-0.25, -0.2) is 17.8 Å². The highest BCUT2D eigenvalue weighted by molar-refractivity contribution is 7.89. The Morgan fingerprint density at radius 1 is 1.19 bits per heavy atom. The van der Waals surface area contributed by atoms with Crippen LogP contribution in [0.15, 0.2) is 72.3 Å². The molecule has 0 atom stereocenters. The van der Waals surface area contributed by atoms with E-state index in [1.807, 2.05) is 40.6 Å². The number of halogens is 2. The summed E-state index contributed by atoms with van der Waals surface area (Å²) in [4.78, 5) is 18.5. The number of carbonyl (C=O) groups is 1. The summed E-state index contributed by atoms with van der Waals surface area (Å²) in [6, 6.07) is 12.2. The second-order valence-corrected chi connectivity index (χ2v) is 9.87. The van der Waals surface area contributed by atoms with E-state index in [2.05, 4.69) is 10.1 Å². The van der Waals surface area contributed by atoms with Crippen LogP contribution in [-0.2, 0) is 35.0 Å². The van der Waals surface area contributed by atoms with E-state index in [0.29, 0.717) is 31.0 Å². The van der Waals surface area contributed by atoms with Gasteiger partial charge in [0.15, 0.2) is 5.82 Å². The zero-order chi connectivity index (χ0) is 25.7. The average Bonchev–Trinajstić information content (AvgIpc) is 3.52. The Labute approximate surface area is 211 Å². The summed E-state index contributed by atoms with van der Waals surface area (Å²) in [6.45, 7) is 1.05. The van der Waals surface area contributed by atoms with Gasteiger partial charge in [0.05, 0.1) is 48.6 Å². The highest BCUT2D eigenvalue weighted by atomic mass is 35.5. The van der Waals surface area contributed by atoms with Crippen LogP contribution in [0.5, 0.6) is 0 Å². The van der Waals surface area contributed by atoms with Crippen molar-refractivity contribution in [2.24, 2.45) is 7.05 Å². The Balaban J connectivity index is 1.36. The lowest BCUT2D eigenvalue weighted by atomic mass is 10.1. The number of hydrazine groups is 1. The highest BCUT2D eigenvalue weighted by Crippen LogP contribution is 2.27. The lowest BCUT2D eigenvalue weighted by Crippen LogP contribution is -2.41. The number of aryl methyl sites for hydroxylation is 1. The number of amides is 1. The van der Waals surface area contributed by atoms with Gasteiger partial charge in [-0.15, -0.1) is 4.83 Å². The maximum atomic E-state index is 14.5. The van der Waals surface area contributed by atoms with E-state index in [0.717, 1.165) is 11.8 Å². The molecule has 0 fully saturated rings. The number of sulfonamides is 1. The summed E-state index contributed by atoms with van der Waals surface area (Å²) < 4.78 is 48.4. The Hall–Kier alpha value is -3.58. The molecule has 4 aromatic rings. The molecule has 0 saturated heterocycles. The second-order valence-electron chi connectivity index (χ2n) is 7.78. The summed E-state index contributed by atoms with van der Waals surface area (Å²) >= 11 is 5.95. The smallest absolute Gasteiger partial charge is 0.269 e. The van der Waals surface area contributed by atoms with Crippen molar-refractivity contribution in [3.63, 3.8) is 0 Å². The van der Waals surface area contributed by atoms with Crippen molar-refractivity contribution in [1.29, 1.82) is 0 Å². The normalized spacial score (nSPS) is 11.5. The van der Waals surface area contributed by atoms with Crippen molar-refractivity contribution in [2.45, 2.75) is 18.0 Å². The van der Waals surface area contributed by atoms with E-state index < -0.39 is 27.3 Å². The van der Waals surface area contributed by atoms with Gasteiger partial charge in [-0.05, 0) is 17.7 Å². The van der Waals surface area contributed by atoms with Gasteiger partial charge in [0, 0.05) is 25.0 Å². The first-order valence-corrected chi connectivity index (χ1v) is 12.5. The van der Waals surface area contributed by atoms with Crippen LogP contribution in [0.4, 0.5) is 4.39 Å². The third-order valence-electron chi connectivity index (χ3n) is 5.07. The fourth-order valence-corrected chi connectivity index (χ4v) is 4.24. The van der Waals surface area contributed by atoms with E-state index in [-0.39, 0.29) is 9.92 Å². The van der Waals surface area contributed by atoms with Gasteiger partial charge < -0.3 is 9.30 Å². The van der Waals surface area contributed by atoms with E-state index in [4.69, 9.17) is 16.3 Å². The highest BCUT2D eigenvalue weighted by Gasteiger charge is 2.21. The van der Waals surface area contributed by atoms with Crippen LogP contribution in [-0.4, -0.2) is 40.3 Å². The van der Waals surface area contributed by atoms with Gasteiger partial charge in [-0.3, -0.25) is 14.9 Å². The summed E-state index contributed by atoms with van der Waals surface area (Å²) in [5.41, 5.74) is 3.44. The van der Waals surface area contributed by atoms with Gasteiger partial charge in [0.2, 0.25) is 0 Å². The molecular formula is C23H22ClFN6O4S. The van der Waals surface area contributed by atoms with Crippen LogP contribution in [0.3, 0.4) is 0 Å². The lowest BCUT2D eigenvalue weighted by molar-refractivity contribution is 0.0941. The first-order valence-electron chi connectivity index (χ1n) is 10.7. The third kappa shape index (κ3) is 6.15. The quantitative estimate of drug-likeness (QED) is 0.239. The van der Waals surface area contributed by atoms with Crippen molar-refractivity contribution >= 4 is 27.5 Å². The molecule has 4 rings (SSSR count). The summed E-state index contributed by atoms with van der Waals surface area (Å²) in [5.74, 6) is -2.02. The minimum atomic E-state index is -4.18. The van der Waals surface area contributed by atoms with Crippen molar-refractivity contribution in [2.75, 3.05) is 6.61 Å². The number of nitrogens with zero attached hydrogens (tertiary/aromatic N) is 4. The van der Waals surface area contributed by atoms with Gasteiger partial charge in [-0.1, -0.05) is 41.9 Å². The molecule has 0 unspecified atom stereocenters. The molecule has 13 heteroatoms. The molecule has 188 valence electrons. The maximum Gasteiger partial charge on any atom is 0.269 e. The number of hydrogen-bond acceptors (Lipinski definition) is 6. The standard InChI is InChI=1S/C23H22ClFN6O4S/c1-30-13-21(26-15-30)17-9-19(22(25)20(24)10-17)23(32)28-29-36(33,34)18-11-27-31(12-18)7-8-35-14-16-5-3-2-4-6-16/h2-6,9-13,15,29H,7-8,14H2,1H3,(H,28,32). The molecule has 2 heterocycles. The number of aromatic nitrogens is 4. The van der Waals surface area contributed by atoms with Crippen molar-refractivity contribution in [1.82, 2.24) is 29.6 Å². The molecule has 2 aromatic heterocycles. The number of carbonyl (C=O) groups excluding carboxylic acids is 1. The van der Waals surface area contributed by atoms with E-state index in [1.54, 1.807) is 17.8 Å². The lowest BCUT2D eigenvalue weighted by Gasteiger charge is -2.10. The topological polar surface area (TPSA) is 120 Å². The summed E-state index contributed by atoms with van der Waals surface area (Å²) in [5, 5.41) is 3.70. The molecule has 0 saturated carbocycles. The Bertz CT molecular complexity index is 1470. The van der Waals surface area contributed by atoms with Crippen LogP contribution < -0.4 is 10.3 Å². The zero-order valence-electron chi connectivity index (χ0n) is 19.1. The molecule has 36 heavy (non-hydrogen) atoms. The molecule has 0 aliphatic heterocycles. The molecule has 10 nitrogen and oxygen atoms in total. The molecule has 0 bridgehead atoms. The number of nitrogens with one attached hydrogen (secondary N) is 2. The minimum absolute atomic E-state index is 0.188. The van der Waals surface area contributed by atoms with Crippen LogP contribution in [0.2, 0.25) is 5.02 Å². The third-order valence-corrected chi connectivity index (χ3v) is 6.55. The van der Waals surface area contributed by atoms with Gasteiger partial charge >= 0.3 is 0 Å². The molecule has 0 aliphatic carbocycles. The molecule has 0 radical (unpaired) electrons. The molecule has 0 aliphatic rings. The van der Waals surface area contributed by atoms with Crippen LogP contribution in [0.25, 0.3) is 11.3 Å². The van der Waals surface area contributed by atoms with Gasteiger partial charge in [0.25, 0.3) is 15.9 Å². The molecule has 2 N–H and O–H groups in total. The van der Waals surface area contributed by atoms with Crippen molar-refractivity contribution < 1.29 is 22.3 Å². The number of rotatable bonds is 10. The van der Waals surface area contributed by atoms with E-state index in [9.17, 15) is 17.6 Å². The summed E-state index contributed by atoms with van der Waals surface area (Å²) in [6.07, 6.45) is 5.62. The van der Waals surface area contributed by atoms with Gasteiger partial charge in [0.1, 0.15) is 4.90 Å². The first-order chi connectivity index (χ1) is 17.2. The summed E-state index contributed by atoms with van der Waals surface area (Å²) in [7, 11) is -2.42. The Kier molecular flexibility index (Phi) is 7.79. The number of benzene rings is 2. The fourth-order valence-electron chi connectivity index (χ4n) is 3.23. The van der Waals surface area contributed by atoms with Crippen LogP contribution in [0.1, 0.15) is 15.9 Å². The number of hydrogen-bond donors (Lipinski definition) is 2. The first kappa shape index (κ1) is 25.5. The molecule has 1 amide bonds. The average molecular weight is 533 g/mol. The Morgan fingerprint density at radius 3 is 2.69 bits per heavy atom. The van der Waals surface area contributed by atoms with Crippen LogP contribution >= 0.6 is 11.6 Å². The fraction of sp³-hybridized carbons (Fsp3) is 0.174. The number of ether oxygens (including phenoxy) is 1. The maximum absolute atomic E-state index is 14.5. The SMILES string of the molecule is Cn1cnc(-c2cc(Cl)c(F)c(C(=O)NNS(=O)(=O)c3cnn(CCOCc4ccccc4)c3)c2)c1. The largest absolute Gasteiger partial charge is 0.375 e.